The van der Waals surface area contributed by atoms with Gasteiger partial charge in [-0.1, -0.05) is 269 Å². The van der Waals surface area contributed by atoms with Crippen LogP contribution in [-0.2, 0) is 5.41 Å². The number of para-hydroxylation sites is 4. The fourth-order valence-corrected chi connectivity index (χ4v) is 15.2. The van der Waals surface area contributed by atoms with Crippen molar-refractivity contribution in [2.75, 3.05) is 9.80 Å². The Kier molecular flexibility index (Phi) is 7.85. The smallest absolute Gasteiger partial charge is 0.252 e. The Morgan fingerprint density at radius 2 is 0.863 bits per heavy atom. The van der Waals surface area contributed by atoms with Crippen molar-refractivity contribution in [1.82, 2.24) is 9.13 Å². The highest BCUT2D eigenvalue weighted by Gasteiger charge is 2.46. The molecule has 0 radical (unpaired) electrons. The minimum Gasteiger partial charge on any atom is -0.311 e. The van der Waals surface area contributed by atoms with Crippen molar-refractivity contribution in [3.05, 3.63) is 367 Å². The standard InChI is InChI=1S/C96H66BN5/c1-96(2,3)69-55-80(64-30-12-6-13-31-64)95(81(56-69)65-32-14-7-15-33-65)102-89-54-67(63-28-10-5-11-29-63)45-48-83(89)97-84-49-46-70(99-85-40-22-18-35-75(85)76-36-19-23-41-86(76)99)57-90(84)101(91-58-72(59-92(102)94(91)97)100-87-42-24-20-37-77(87)78-38-21-25-43-88(78)100)71-51-61(60-98)50-68(52-71)93-79-39-17-16-34-73(79)74-47-44-66(53-82(74)93)62-26-8-4-9-27-62/h4-59,93H,1-3H3/i4D,5D,8D,9D,10D,11D,16D,17D,18D,19D,20D,21D,22D,23D,24D,25D,26D,27D,28D,29D,34D,35D,36D,37D,38D,39D,40D,41D,42D,43D,44D,47D,53D. The third-order valence-corrected chi connectivity index (χ3v) is 19.6. The van der Waals surface area contributed by atoms with Crippen molar-refractivity contribution in [3.63, 3.8) is 0 Å². The molecule has 1 atom stereocenters. The van der Waals surface area contributed by atoms with Gasteiger partial charge in [-0.2, -0.15) is 5.26 Å². The molecule has 0 amide bonds. The maximum Gasteiger partial charge on any atom is 0.252 e. The van der Waals surface area contributed by atoms with Crippen LogP contribution in [0.5, 0.6) is 0 Å². The van der Waals surface area contributed by atoms with E-state index in [1.165, 1.54) is 33.4 Å². The summed E-state index contributed by atoms with van der Waals surface area (Å²) in [6.07, 6.45) is 0. The Labute approximate surface area is 640 Å². The van der Waals surface area contributed by atoms with Crippen LogP contribution >= 0.6 is 0 Å². The number of anilines is 6. The number of aromatic nitrogens is 2. The molecule has 0 saturated heterocycles. The van der Waals surface area contributed by atoms with Crippen LogP contribution in [0.25, 0.3) is 111 Å². The summed E-state index contributed by atoms with van der Waals surface area (Å²) in [6.45, 7) is 4.84. The van der Waals surface area contributed by atoms with E-state index in [0.29, 0.717) is 33.4 Å². The summed E-state index contributed by atoms with van der Waals surface area (Å²) in [5.74, 6) is -1.77. The summed E-state index contributed by atoms with van der Waals surface area (Å²) in [5.41, 5.74) is -1.05. The molecule has 6 heteroatoms. The molecule has 0 bridgehead atoms. The SMILES string of the molecule is [2H]c1c([2H])c([2H])c(-c2ccc3c(c2)N(c2c(-c4ccccc4)cc(C(C)(C)C)cc2-c2ccccc2)c2cc(-n4c5c([2H])c([2H])c([2H])c([2H])c5c5c([2H])c([2H])c([2H])c([2H])c54)cc4c2B3c2ccc(-n3c5c([2H])c([2H])c([2H])c([2H])c5c5c([2H])c([2H])c([2H])c([2H])c53)cc2N4c2cc(C#N)cc(C3c4c([2H])c([2H])c([2H])c([2H])c4-c4c([2H])c([2H])c(-c5c([2H])c([2H])c([2H])c([2H])c5[2H])c([2H])c43)c2)c([2H])c1[2H]. The van der Waals surface area contributed by atoms with Crippen LogP contribution in [0.3, 0.4) is 0 Å². The molecule has 5 nitrogen and oxygen atoms in total. The monoisotopic (exact) mass is 1330 g/mol. The summed E-state index contributed by atoms with van der Waals surface area (Å²) in [4.78, 5) is 3.51. The first-order chi connectivity index (χ1) is 63.9. The average Bonchev–Trinajstić information content (AvgIpc) is 1.64. The minimum atomic E-state index is -1.77. The van der Waals surface area contributed by atoms with E-state index < -0.39 is 234 Å². The van der Waals surface area contributed by atoms with Crippen molar-refractivity contribution in [1.29, 1.82) is 5.26 Å². The Morgan fingerprint density at radius 3 is 1.44 bits per heavy atom. The lowest BCUT2D eigenvalue weighted by molar-refractivity contribution is 0.591. The molecule has 1 aliphatic carbocycles. The van der Waals surface area contributed by atoms with E-state index in [4.69, 9.17) is 8.22 Å². The number of rotatable bonds is 9. The van der Waals surface area contributed by atoms with Gasteiger partial charge in [-0.15, -0.1) is 0 Å². The summed E-state index contributed by atoms with van der Waals surface area (Å²) in [7, 11) is 0. The van der Waals surface area contributed by atoms with Crippen LogP contribution in [0.2, 0.25) is 0 Å². The zero-order chi connectivity index (χ0) is 96.6. The van der Waals surface area contributed by atoms with E-state index in [1.807, 2.05) is 98.5 Å². The second-order valence-electron chi connectivity index (χ2n) is 26.2. The molecule has 17 aromatic rings. The van der Waals surface area contributed by atoms with Gasteiger partial charge in [-0.05, 0) is 179 Å². The molecule has 0 N–H and O–H groups in total. The summed E-state index contributed by atoms with van der Waals surface area (Å²) < 4.78 is 316. The average molecular weight is 1330 g/mol. The molecular formula is C96H66BN5. The molecule has 478 valence electrons. The lowest BCUT2D eigenvalue weighted by Gasteiger charge is -2.45. The second-order valence-corrected chi connectivity index (χ2v) is 26.2. The van der Waals surface area contributed by atoms with Crippen molar-refractivity contribution in [3.8, 4) is 73.1 Å². The molecule has 2 aliphatic heterocycles. The highest BCUT2D eigenvalue weighted by molar-refractivity contribution is 7.00. The van der Waals surface area contributed by atoms with E-state index in [0.717, 1.165) is 5.56 Å². The molecule has 4 heterocycles. The van der Waals surface area contributed by atoms with Gasteiger partial charge in [0.1, 0.15) is 0 Å². The molecule has 2 aromatic heterocycles. The first-order valence-electron chi connectivity index (χ1n) is 49.2. The van der Waals surface area contributed by atoms with Crippen molar-refractivity contribution >= 4 is 101 Å². The van der Waals surface area contributed by atoms with Crippen LogP contribution in [-0.4, -0.2) is 15.8 Å². The van der Waals surface area contributed by atoms with Crippen LogP contribution < -0.4 is 26.2 Å². The Hall–Kier alpha value is -12.9. The Balaban J connectivity index is 1.03. The number of hydrogen-bond acceptors (Lipinski definition) is 3. The molecule has 15 aromatic carbocycles. The maximum absolute atomic E-state index is 12.1. The van der Waals surface area contributed by atoms with Crippen LogP contribution in [0.4, 0.5) is 34.1 Å². The second kappa shape index (κ2) is 23.1. The predicted molar refractivity (Wildman–Crippen MR) is 427 cm³/mol. The number of hydrogen-bond donors (Lipinski definition) is 0. The van der Waals surface area contributed by atoms with Gasteiger partial charge in [-0.3, -0.25) is 0 Å². The van der Waals surface area contributed by atoms with Crippen molar-refractivity contribution in [2.24, 2.45) is 0 Å². The highest BCUT2D eigenvalue weighted by Crippen LogP contribution is 2.55. The summed E-state index contributed by atoms with van der Waals surface area (Å²) in [5, 5.41) is 10.7. The maximum atomic E-state index is 12.1. The van der Waals surface area contributed by atoms with Crippen LogP contribution in [0.15, 0.2) is 339 Å². The van der Waals surface area contributed by atoms with Crippen LogP contribution in [0.1, 0.15) is 99.7 Å². The molecule has 0 fully saturated rings. The predicted octanol–water partition coefficient (Wildman–Crippen LogP) is 23.0. The third kappa shape index (κ3) is 9.18. The number of fused-ring (bicyclic) bond motifs is 13. The lowest BCUT2D eigenvalue weighted by atomic mass is 9.33. The van der Waals surface area contributed by atoms with E-state index in [1.54, 1.807) is 47.4 Å². The summed E-state index contributed by atoms with van der Waals surface area (Å²) >= 11 is 0. The summed E-state index contributed by atoms with van der Waals surface area (Å²) in [6, 6.07) is 16.9. The fourth-order valence-electron chi connectivity index (χ4n) is 15.2. The zero-order valence-corrected chi connectivity index (χ0v) is 54.2. The van der Waals surface area contributed by atoms with Crippen molar-refractivity contribution < 1.29 is 45.2 Å². The number of nitriles is 1. The van der Waals surface area contributed by atoms with Gasteiger partial charge < -0.3 is 18.9 Å². The topological polar surface area (TPSA) is 40.1 Å². The van der Waals surface area contributed by atoms with E-state index in [9.17, 15) is 42.3 Å². The molecule has 0 saturated carbocycles. The first kappa shape index (κ1) is 34.7. The number of nitrogens with zero attached hydrogens (tertiary/aromatic N) is 5. The molecule has 3 aliphatic rings. The third-order valence-electron chi connectivity index (χ3n) is 19.6. The quantitative estimate of drug-likeness (QED) is 0.135. The Bertz CT molecular complexity index is 8160. The first-order valence-corrected chi connectivity index (χ1v) is 32.7. The largest absolute Gasteiger partial charge is 0.311 e. The molecular weight excluding hydrogens is 1230 g/mol. The van der Waals surface area contributed by atoms with Gasteiger partial charge in [0.25, 0.3) is 6.71 Å². The van der Waals surface area contributed by atoms with Gasteiger partial charge >= 0.3 is 0 Å². The van der Waals surface area contributed by atoms with Crippen molar-refractivity contribution in [2.45, 2.75) is 32.1 Å². The van der Waals surface area contributed by atoms with E-state index in [2.05, 4.69) is 6.07 Å². The van der Waals surface area contributed by atoms with Crippen LogP contribution in [0, 0.1) is 11.3 Å². The number of benzene rings is 15. The molecule has 102 heavy (non-hydrogen) atoms. The molecule has 1 unspecified atom stereocenters. The van der Waals surface area contributed by atoms with E-state index >= 15 is 0 Å². The van der Waals surface area contributed by atoms with Gasteiger partial charge in [0.15, 0.2) is 0 Å². The Morgan fingerprint density at radius 1 is 0.373 bits per heavy atom. The highest BCUT2D eigenvalue weighted by atomic mass is 15.2. The normalized spacial score (nSPS) is 18.0. The molecule has 0 spiro atoms. The minimum absolute atomic E-state index is 0.00142. The van der Waals surface area contributed by atoms with Gasteiger partial charge in [0.05, 0.1) is 90.3 Å². The van der Waals surface area contributed by atoms with Gasteiger partial charge in [0, 0.05) is 72.7 Å². The van der Waals surface area contributed by atoms with E-state index in [-0.39, 0.29) is 133 Å². The fraction of sp³-hybridized carbons (Fsp3) is 0.0521. The zero-order valence-electron chi connectivity index (χ0n) is 87.2. The van der Waals surface area contributed by atoms with Gasteiger partial charge in [0.2, 0.25) is 0 Å². The van der Waals surface area contributed by atoms with Gasteiger partial charge in [-0.25, -0.2) is 0 Å². The lowest BCUT2D eigenvalue weighted by Crippen LogP contribution is -2.61. The molecule has 20 rings (SSSR count).